The van der Waals surface area contributed by atoms with Crippen molar-refractivity contribution in [2.45, 2.75) is 25.3 Å². The predicted molar refractivity (Wildman–Crippen MR) is 113 cm³/mol. The SMILES string of the molecule is CC(C)CN1CCn2cc(S(=O)(=O)N3CCN(c4ccccc4)CC3)cc2C1=O. The molecular formula is C21H28N4O3S. The van der Waals surface area contributed by atoms with Gasteiger partial charge in [0.2, 0.25) is 10.0 Å². The molecule has 29 heavy (non-hydrogen) atoms. The van der Waals surface area contributed by atoms with Crippen molar-refractivity contribution in [3.05, 3.63) is 48.3 Å². The molecule has 7 nitrogen and oxygen atoms in total. The van der Waals surface area contributed by atoms with Gasteiger partial charge in [0.1, 0.15) is 10.6 Å². The molecule has 1 amide bonds. The highest BCUT2D eigenvalue weighted by Gasteiger charge is 2.33. The van der Waals surface area contributed by atoms with Gasteiger partial charge < -0.3 is 14.4 Å². The number of fused-ring (bicyclic) bond motifs is 1. The molecule has 0 spiro atoms. The second kappa shape index (κ2) is 7.84. The van der Waals surface area contributed by atoms with Crippen molar-refractivity contribution in [1.29, 1.82) is 0 Å². The first-order valence-corrected chi connectivity index (χ1v) is 11.6. The molecule has 2 aliphatic rings. The first kappa shape index (κ1) is 20.0. The summed E-state index contributed by atoms with van der Waals surface area (Å²) in [5.41, 5.74) is 1.58. The van der Waals surface area contributed by atoms with Gasteiger partial charge >= 0.3 is 0 Å². The van der Waals surface area contributed by atoms with E-state index in [4.69, 9.17) is 0 Å². The van der Waals surface area contributed by atoms with Crippen molar-refractivity contribution in [3.8, 4) is 0 Å². The molecule has 2 aliphatic heterocycles. The van der Waals surface area contributed by atoms with Crippen LogP contribution < -0.4 is 4.90 Å². The van der Waals surface area contributed by atoms with E-state index in [9.17, 15) is 13.2 Å². The van der Waals surface area contributed by atoms with Gasteiger partial charge in [-0.3, -0.25) is 4.79 Å². The summed E-state index contributed by atoms with van der Waals surface area (Å²) < 4.78 is 29.7. The number of para-hydroxylation sites is 1. The van der Waals surface area contributed by atoms with E-state index in [1.165, 1.54) is 4.31 Å². The highest BCUT2D eigenvalue weighted by molar-refractivity contribution is 7.89. The second-order valence-corrected chi connectivity index (χ2v) is 10.1. The number of nitrogens with zero attached hydrogens (tertiary/aromatic N) is 4. The quantitative estimate of drug-likeness (QED) is 0.749. The number of sulfonamides is 1. The number of carbonyl (C=O) groups is 1. The van der Waals surface area contributed by atoms with Gasteiger partial charge in [0, 0.05) is 57.7 Å². The minimum atomic E-state index is -3.61. The Morgan fingerprint density at radius 3 is 2.31 bits per heavy atom. The number of hydrogen-bond acceptors (Lipinski definition) is 4. The molecule has 1 saturated heterocycles. The van der Waals surface area contributed by atoms with Gasteiger partial charge in [-0.2, -0.15) is 4.31 Å². The number of aromatic nitrogens is 1. The first-order chi connectivity index (χ1) is 13.9. The van der Waals surface area contributed by atoms with Gasteiger partial charge in [-0.25, -0.2) is 8.42 Å². The number of benzene rings is 1. The maximum absolute atomic E-state index is 13.2. The monoisotopic (exact) mass is 416 g/mol. The fraction of sp³-hybridized carbons (Fsp3) is 0.476. The average Bonchev–Trinajstić information content (AvgIpc) is 3.17. The normalized spacial score (nSPS) is 18.4. The fourth-order valence-electron chi connectivity index (χ4n) is 4.07. The van der Waals surface area contributed by atoms with Crippen LogP contribution in [0.25, 0.3) is 0 Å². The van der Waals surface area contributed by atoms with Crippen LogP contribution in [0.4, 0.5) is 5.69 Å². The molecule has 0 N–H and O–H groups in total. The summed E-state index contributed by atoms with van der Waals surface area (Å²) in [6, 6.07) is 11.6. The summed E-state index contributed by atoms with van der Waals surface area (Å²) in [5.74, 6) is 0.296. The lowest BCUT2D eigenvalue weighted by molar-refractivity contribution is 0.0683. The lowest BCUT2D eigenvalue weighted by Crippen LogP contribution is -2.48. The highest BCUT2D eigenvalue weighted by Crippen LogP contribution is 2.25. The predicted octanol–water partition coefficient (Wildman–Crippen LogP) is 2.11. The Bertz CT molecular complexity index is 977. The van der Waals surface area contributed by atoms with Gasteiger partial charge in [-0.05, 0) is 24.1 Å². The minimum Gasteiger partial charge on any atom is -0.369 e. The second-order valence-electron chi connectivity index (χ2n) is 8.13. The Balaban J connectivity index is 1.49. The van der Waals surface area contributed by atoms with Crippen LogP contribution in [0.5, 0.6) is 0 Å². The molecule has 0 radical (unpaired) electrons. The summed E-state index contributed by atoms with van der Waals surface area (Å²) >= 11 is 0. The van der Waals surface area contributed by atoms with E-state index in [1.807, 2.05) is 35.2 Å². The smallest absolute Gasteiger partial charge is 0.270 e. The van der Waals surface area contributed by atoms with Crippen LogP contribution in [0.1, 0.15) is 24.3 Å². The number of hydrogen-bond donors (Lipinski definition) is 0. The van der Waals surface area contributed by atoms with E-state index in [2.05, 4.69) is 18.7 Å². The van der Waals surface area contributed by atoms with Crippen LogP contribution in [0, 0.1) is 5.92 Å². The Morgan fingerprint density at radius 1 is 0.966 bits per heavy atom. The summed E-state index contributed by atoms with van der Waals surface area (Å²) in [6.07, 6.45) is 1.62. The van der Waals surface area contributed by atoms with E-state index in [-0.39, 0.29) is 10.8 Å². The molecule has 0 saturated carbocycles. The van der Waals surface area contributed by atoms with Crippen molar-refractivity contribution >= 4 is 21.6 Å². The van der Waals surface area contributed by atoms with Gasteiger partial charge in [0.05, 0.1) is 0 Å². The van der Waals surface area contributed by atoms with E-state index in [1.54, 1.807) is 16.8 Å². The summed E-state index contributed by atoms with van der Waals surface area (Å²) in [5, 5.41) is 0. The first-order valence-electron chi connectivity index (χ1n) is 10.2. The average molecular weight is 417 g/mol. The van der Waals surface area contributed by atoms with E-state index in [0.29, 0.717) is 57.4 Å². The summed E-state index contributed by atoms with van der Waals surface area (Å²) in [6.45, 7) is 8.26. The number of piperazine rings is 1. The molecule has 0 bridgehead atoms. The molecule has 1 fully saturated rings. The molecule has 0 unspecified atom stereocenters. The highest BCUT2D eigenvalue weighted by atomic mass is 32.2. The van der Waals surface area contributed by atoms with Gasteiger partial charge in [0.15, 0.2) is 0 Å². The fourth-order valence-corrected chi connectivity index (χ4v) is 5.53. The van der Waals surface area contributed by atoms with Gasteiger partial charge in [0.25, 0.3) is 5.91 Å². The third kappa shape index (κ3) is 3.91. The van der Waals surface area contributed by atoms with E-state index in [0.717, 1.165) is 5.69 Å². The van der Waals surface area contributed by atoms with Crippen LogP contribution in [-0.2, 0) is 16.6 Å². The molecule has 4 rings (SSSR count). The third-order valence-electron chi connectivity index (χ3n) is 5.57. The van der Waals surface area contributed by atoms with Gasteiger partial charge in [-0.15, -0.1) is 0 Å². The Kier molecular flexibility index (Phi) is 5.40. The molecule has 156 valence electrons. The lowest BCUT2D eigenvalue weighted by Gasteiger charge is -2.35. The van der Waals surface area contributed by atoms with Crippen LogP contribution in [-0.4, -0.2) is 67.4 Å². The number of anilines is 1. The zero-order chi connectivity index (χ0) is 20.6. The van der Waals surface area contributed by atoms with Crippen molar-refractivity contribution in [1.82, 2.24) is 13.8 Å². The maximum atomic E-state index is 13.2. The van der Waals surface area contributed by atoms with E-state index >= 15 is 0 Å². The molecular weight excluding hydrogens is 388 g/mol. The maximum Gasteiger partial charge on any atom is 0.270 e. The van der Waals surface area contributed by atoms with Crippen LogP contribution in [0.15, 0.2) is 47.5 Å². The topological polar surface area (TPSA) is 65.9 Å². The molecule has 1 aromatic heterocycles. The lowest BCUT2D eigenvalue weighted by atomic mass is 10.2. The van der Waals surface area contributed by atoms with Crippen LogP contribution in [0.3, 0.4) is 0 Å². The molecule has 3 heterocycles. The van der Waals surface area contributed by atoms with Crippen LogP contribution in [0.2, 0.25) is 0 Å². The van der Waals surface area contributed by atoms with E-state index < -0.39 is 10.0 Å². The third-order valence-corrected chi connectivity index (χ3v) is 7.44. The van der Waals surface area contributed by atoms with Crippen molar-refractivity contribution in [2.24, 2.45) is 5.92 Å². The number of carbonyl (C=O) groups excluding carboxylic acids is 1. The van der Waals surface area contributed by atoms with Crippen LogP contribution >= 0.6 is 0 Å². The minimum absolute atomic E-state index is 0.0831. The van der Waals surface area contributed by atoms with Crippen molar-refractivity contribution < 1.29 is 13.2 Å². The molecule has 0 atom stereocenters. The van der Waals surface area contributed by atoms with Crippen molar-refractivity contribution in [2.75, 3.05) is 44.2 Å². The number of amides is 1. The molecule has 1 aromatic carbocycles. The zero-order valence-corrected chi connectivity index (χ0v) is 17.8. The molecule has 0 aliphatic carbocycles. The van der Waals surface area contributed by atoms with Gasteiger partial charge in [-0.1, -0.05) is 32.0 Å². The molecule has 8 heteroatoms. The standard InChI is InChI=1S/C21H28N4O3S/c1-17(2)15-24-9-8-23-16-19(14-20(23)21(24)26)29(27,28)25-12-10-22(11-13-25)18-6-4-3-5-7-18/h3-7,14,16-17H,8-13,15H2,1-2H3. The summed E-state index contributed by atoms with van der Waals surface area (Å²) in [7, 11) is -3.61. The Morgan fingerprint density at radius 2 is 1.66 bits per heavy atom. The Labute approximate surface area is 172 Å². The largest absolute Gasteiger partial charge is 0.369 e. The number of rotatable bonds is 5. The molecule has 2 aromatic rings. The zero-order valence-electron chi connectivity index (χ0n) is 17.0. The summed E-state index contributed by atoms with van der Waals surface area (Å²) in [4.78, 5) is 17.0. The van der Waals surface area contributed by atoms with Crippen molar-refractivity contribution in [3.63, 3.8) is 0 Å². The Hall–Kier alpha value is -2.32.